The van der Waals surface area contributed by atoms with Gasteiger partial charge in [0.1, 0.15) is 11.3 Å². The Balaban J connectivity index is 1.77. The average molecular weight is 412 g/mol. The van der Waals surface area contributed by atoms with E-state index in [1.165, 1.54) is 0 Å². The molecule has 0 bridgehead atoms. The number of rotatable bonds is 6. The Hall–Kier alpha value is -3.66. The predicted molar refractivity (Wildman–Crippen MR) is 122 cm³/mol. The summed E-state index contributed by atoms with van der Waals surface area (Å²) in [5.74, 6) is 0.442. The minimum atomic E-state index is -0.684. The van der Waals surface area contributed by atoms with Crippen LogP contribution in [0.3, 0.4) is 0 Å². The molecular formula is C27H24O4. The number of ketones is 1. The quantitative estimate of drug-likeness (QED) is 0.303. The first kappa shape index (κ1) is 20.6. The highest BCUT2D eigenvalue weighted by Gasteiger charge is 2.21. The van der Waals surface area contributed by atoms with Crippen LogP contribution in [0.1, 0.15) is 39.5 Å². The molecule has 1 atom stereocenters. The summed E-state index contributed by atoms with van der Waals surface area (Å²) < 4.78 is 11.8. The van der Waals surface area contributed by atoms with E-state index >= 15 is 0 Å². The molecule has 3 aromatic carbocycles. The fourth-order valence-electron chi connectivity index (χ4n) is 3.82. The molecule has 156 valence electrons. The SMILES string of the molecule is Cc1cc(O[C@H](C)C(=O)c2ccccc2)c2c(C)c(Cc3ccccc3)c(=O)oc2c1. The van der Waals surface area contributed by atoms with Crippen LogP contribution in [-0.4, -0.2) is 11.9 Å². The third-order valence-electron chi connectivity index (χ3n) is 5.44. The summed E-state index contributed by atoms with van der Waals surface area (Å²) in [5, 5.41) is 0.726. The Morgan fingerprint density at radius 1 is 0.968 bits per heavy atom. The van der Waals surface area contributed by atoms with Gasteiger partial charge in [-0.25, -0.2) is 4.79 Å². The van der Waals surface area contributed by atoms with Gasteiger partial charge in [-0.3, -0.25) is 4.79 Å². The van der Waals surface area contributed by atoms with Crippen molar-refractivity contribution in [3.05, 3.63) is 111 Å². The summed E-state index contributed by atoms with van der Waals surface area (Å²) in [6, 6.07) is 22.6. The van der Waals surface area contributed by atoms with E-state index in [1.807, 2.05) is 74.5 Å². The van der Waals surface area contributed by atoms with Crippen LogP contribution in [0.5, 0.6) is 5.75 Å². The molecule has 0 spiro atoms. The molecule has 0 aliphatic heterocycles. The lowest BCUT2D eigenvalue weighted by Gasteiger charge is -2.18. The number of fused-ring (bicyclic) bond motifs is 1. The second kappa shape index (κ2) is 8.60. The van der Waals surface area contributed by atoms with E-state index in [2.05, 4.69) is 0 Å². The average Bonchev–Trinajstić information content (AvgIpc) is 2.77. The Morgan fingerprint density at radius 2 is 1.61 bits per heavy atom. The highest BCUT2D eigenvalue weighted by Crippen LogP contribution is 2.32. The van der Waals surface area contributed by atoms with E-state index in [0.717, 1.165) is 22.1 Å². The lowest BCUT2D eigenvalue weighted by molar-refractivity contribution is 0.0820. The molecule has 0 aliphatic carbocycles. The molecule has 0 saturated heterocycles. The molecular weight excluding hydrogens is 388 g/mol. The van der Waals surface area contributed by atoms with Gasteiger partial charge in [0.2, 0.25) is 5.78 Å². The molecule has 4 nitrogen and oxygen atoms in total. The van der Waals surface area contributed by atoms with Crippen molar-refractivity contribution >= 4 is 16.8 Å². The summed E-state index contributed by atoms with van der Waals surface area (Å²) in [4.78, 5) is 25.6. The first-order valence-corrected chi connectivity index (χ1v) is 10.3. The van der Waals surface area contributed by atoms with Crippen LogP contribution in [0, 0.1) is 13.8 Å². The summed E-state index contributed by atoms with van der Waals surface area (Å²) in [6.45, 7) is 5.55. The topological polar surface area (TPSA) is 56.5 Å². The zero-order chi connectivity index (χ0) is 22.0. The number of aryl methyl sites for hydroxylation is 2. The molecule has 0 fully saturated rings. The summed E-state index contributed by atoms with van der Waals surface area (Å²) in [6.07, 6.45) is -0.215. The zero-order valence-electron chi connectivity index (χ0n) is 17.8. The number of Topliss-reactive ketones (excluding diaryl/α,β-unsaturated/α-hetero) is 1. The normalized spacial score (nSPS) is 12.0. The number of carbonyl (C=O) groups is 1. The lowest BCUT2D eigenvalue weighted by atomic mass is 9.98. The molecule has 0 aliphatic rings. The number of hydrogen-bond donors (Lipinski definition) is 0. The lowest BCUT2D eigenvalue weighted by Crippen LogP contribution is -2.24. The van der Waals surface area contributed by atoms with Crippen molar-refractivity contribution in [3.8, 4) is 5.75 Å². The van der Waals surface area contributed by atoms with Gasteiger partial charge in [-0.2, -0.15) is 0 Å². The molecule has 4 rings (SSSR count). The Bertz CT molecular complexity index is 1290. The van der Waals surface area contributed by atoms with Gasteiger partial charge in [-0.05, 0) is 49.6 Å². The fraction of sp³-hybridized carbons (Fsp3) is 0.185. The minimum absolute atomic E-state index is 0.102. The van der Waals surface area contributed by atoms with Crippen LogP contribution in [0.4, 0.5) is 0 Å². The molecule has 1 heterocycles. The van der Waals surface area contributed by atoms with Gasteiger partial charge in [0.15, 0.2) is 6.10 Å². The summed E-state index contributed by atoms with van der Waals surface area (Å²) in [7, 11) is 0. The van der Waals surface area contributed by atoms with E-state index < -0.39 is 6.10 Å². The first-order valence-electron chi connectivity index (χ1n) is 10.3. The van der Waals surface area contributed by atoms with Crippen molar-refractivity contribution in [2.75, 3.05) is 0 Å². The molecule has 0 N–H and O–H groups in total. The third kappa shape index (κ3) is 4.29. The van der Waals surface area contributed by atoms with E-state index in [1.54, 1.807) is 19.1 Å². The zero-order valence-corrected chi connectivity index (χ0v) is 17.8. The molecule has 1 aromatic heterocycles. The van der Waals surface area contributed by atoms with Crippen molar-refractivity contribution in [3.63, 3.8) is 0 Å². The molecule has 31 heavy (non-hydrogen) atoms. The van der Waals surface area contributed by atoms with Gasteiger partial charge in [0.25, 0.3) is 0 Å². The number of carbonyl (C=O) groups excluding carboxylic acids is 1. The van der Waals surface area contributed by atoms with Crippen LogP contribution in [0.25, 0.3) is 11.0 Å². The maximum Gasteiger partial charge on any atom is 0.340 e. The largest absolute Gasteiger partial charge is 0.482 e. The number of ether oxygens (including phenoxy) is 1. The number of benzene rings is 3. The second-order valence-electron chi connectivity index (χ2n) is 7.78. The highest BCUT2D eigenvalue weighted by atomic mass is 16.5. The van der Waals surface area contributed by atoms with Gasteiger partial charge in [-0.15, -0.1) is 0 Å². The maximum atomic E-state index is 12.8. The Kier molecular flexibility index (Phi) is 5.72. The molecule has 0 saturated carbocycles. The highest BCUT2D eigenvalue weighted by molar-refractivity contribution is 5.99. The molecule has 4 aromatic rings. The van der Waals surface area contributed by atoms with Crippen molar-refractivity contribution in [1.29, 1.82) is 0 Å². The summed E-state index contributed by atoms with van der Waals surface area (Å²) >= 11 is 0. The van der Waals surface area contributed by atoms with Crippen LogP contribution in [-0.2, 0) is 6.42 Å². The predicted octanol–water partition coefficient (Wildman–Crippen LogP) is 5.65. The maximum absolute atomic E-state index is 12.8. The van der Waals surface area contributed by atoms with Gasteiger partial charge in [-0.1, -0.05) is 60.7 Å². The van der Waals surface area contributed by atoms with Gasteiger partial charge in [0.05, 0.1) is 5.39 Å². The van der Waals surface area contributed by atoms with E-state index in [-0.39, 0.29) is 11.4 Å². The van der Waals surface area contributed by atoms with Crippen molar-refractivity contribution in [2.45, 2.75) is 33.3 Å². The monoisotopic (exact) mass is 412 g/mol. The van der Waals surface area contributed by atoms with Crippen LogP contribution < -0.4 is 10.4 Å². The van der Waals surface area contributed by atoms with Crippen LogP contribution in [0.2, 0.25) is 0 Å². The minimum Gasteiger partial charge on any atom is -0.482 e. The molecule has 0 radical (unpaired) electrons. The summed E-state index contributed by atoms with van der Waals surface area (Å²) in [5.41, 5.74) is 4.03. The standard InChI is InChI=1S/C27H24O4/c1-17-14-23(30-19(3)26(28)21-12-8-5-9-13-21)25-18(2)22(27(29)31-24(25)15-17)16-20-10-6-4-7-11-20/h4-15,19H,16H2,1-3H3/t19-/m1/s1. The Labute approximate surface area is 181 Å². The van der Waals surface area contributed by atoms with E-state index in [0.29, 0.717) is 28.9 Å². The molecule has 0 unspecified atom stereocenters. The van der Waals surface area contributed by atoms with Gasteiger partial charge >= 0.3 is 5.63 Å². The van der Waals surface area contributed by atoms with Gasteiger partial charge in [0, 0.05) is 17.5 Å². The van der Waals surface area contributed by atoms with Crippen molar-refractivity contribution < 1.29 is 13.9 Å². The second-order valence-corrected chi connectivity index (χ2v) is 7.78. The Morgan fingerprint density at radius 3 is 2.29 bits per heavy atom. The van der Waals surface area contributed by atoms with Crippen LogP contribution in [0.15, 0.2) is 82.0 Å². The smallest absolute Gasteiger partial charge is 0.340 e. The van der Waals surface area contributed by atoms with Crippen LogP contribution >= 0.6 is 0 Å². The molecule has 4 heteroatoms. The molecule has 0 amide bonds. The fourth-order valence-corrected chi connectivity index (χ4v) is 3.82. The van der Waals surface area contributed by atoms with Crippen molar-refractivity contribution in [1.82, 2.24) is 0 Å². The van der Waals surface area contributed by atoms with Crippen molar-refractivity contribution in [2.24, 2.45) is 0 Å². The first-order chi connectivity index (χ1) is 14.9. The van der Waals surface area contributed by atoms with E-state index in [9.17, 15) is 9.59 Å². The van der Waals surface area contributed by atoms with E-state index in [4.69, 9.17) is 9.15 Å². The number of hydrogen-bond acceptors (Lipinski definition) is 4. The third-order valence-corrected chi connectivity index (χ3v) is 5.44. The van der Waals surface area contributed by atoms with Gasteiger partial charge < -0.3 is 9.15 Å².